The maximum atomic E-state index is 6.04. The Kier molecular flexibility index (Phi) is 8.27. The Balaban J connectivity index is 2.14. The van der Waals surface area contributed by atoms with Crippen molar-refractivity contribution >= 4 is 23.2 Å². The van der Waals surface area contributed by atoms with Gasteiger partial charge in [-0.1, -0.05) is 23.2 Å². The molecule has 1 rings (SSSR count). The molecular formula is C15H24Cl2NO+. The number of ether oxygens (including phenoxy) is 1. The monoisotopic (exact) mass is 304 g/mol. The molecule has 0 saturated carbocycles. The van der Waals surface area contributed by atoms with Gasteiger partial charge in [0, 0.05) is 5.02 Å². The van der Waals surface area contributed by atoms with Crippen LogP contribution in [-0.4, -0.2) is 26.2 Å². The van der Waals surface area contributed by atoms with E-state index in [2.05, 4.69) is 13.8 Å². The fraction of sp³-hybridized carbons (Fsp3) is 0.600. The average Bonchev–Trinajstić information content (AvgIpc) is 2.40. The van der Waals surface area contributed by atoms with E-state index in [9.17, 15) is 0 Å². The molecule has 0 aromatic heterocycles. The average molecular weight is 305 g/mol. The van der Waals surface area contributed by atoms with Gasteiger partial charge < -0.3 is 9.64 Å². The molecule has 0 unspecified atom stereocenters. The van der Waals surface area contributed by atoms with Crippen molar-refractivity contribution in [3.8, 4) is 5.75 Å². The van der Waals surface area contributed by atoms with E-state index >= 15 is 0 Å². The Bertz CT molecular complexity index is 367. The predicted molar refractivity (Wildman–Crippen MR) is 82.7 cm³/mol. The van der Waals surface area contributed by atoms with E-state index < -0.39 is 0 Å². The number of quaternary nitrogens is 1. The Labute approximate surface area is 126 Å². The zero-order valence-corrected chi connectivity index (χ0v) is 13.4. The van der Waals surface area contributed by atoms with Crippen molar-refractivity contribution in [3.63, 3.8) is 0 Å². The van der Waals surface area contributed by atoms with Gasteiger partial charge in [0.2, 0.25) is 0 Å². The first kappa shape index (κ1) is 16.6. The number of rotatable bonds is 9. The molecule has 1 aromatic carbocycles. The van der Waals surface area contributed by atoms with Crippen LogP contribution in [0.2, 0.25) is 10.0 Å². The predicted octanol–water partition coefficient (Wildman–Crippen LogP) is 3.47. The first-order valence-corrected chi connectivity index (χ1v) is 7.84. The second-order valence-corrected chi connectivity index (χ2v) is 5.53. The van der Waals surface area contributed by atoms with E-state index in [-0.39, 0.29) is 0 Å². The number of benzene rings is 1. The summed E-state index contributed by atoms with van der Waals surface area (Å²) in [5.74, 6) is 0.723. The van der Waals surface area contributed by atoms with Crippen LogP contribution in [0.5, 0.6) is 5.75 Å². The van der Waals surface area contributed by atoms with Crippen LogP contribution in [0.25, 0.3) is 0 Å². The molecule has 108 valence electrons. The summed E-state index contributed by atoms with van der Waals surface area (Å²) < 4.78 is 5.65. The van der Waals surface area contributed by atoms with Gasteiger partial charge in [0.05, 0.1) is 31.3 Å². The highest BCUT2D eigenvalue weighted by atomic mass is 35.5. The van der Waals surface area contributed by atoms with Crippen LogP contribution in [0, 0.1) is 0 Å². The Morgan fingerprint density at radius 3 is 2.42 bits per heavy atom. The lowest BCUT2D eigenvalue weighted by atomic mass is 10.2. The maximum Gasteiger partial charge on any atom is 0.137 e. The van der Waals surface area contributed by atoms with E-state index in [1.54, 1.807) is 17.0 Å². The van der Waals surface area contributed by atoms with E-state index in [4.69, 9.17) is 27.9 Å². The normalized spacial score (nSPS) is 11.0. The molecule has 4 heteroatoms. The van der Waals surface area contributed by atoms with Gasteiger partial charge >= 0.3 is 0 Å². The fourth-order valence-electron chi connectivity index (χ4n) is 2.03. The molecule has 1 N–H and O–H groups in total. The first-order valence-electron chi connectivity index (χ1n) is 7.08. The van der Waals surface area contributed by atoms with Crippen LogP contribution in [0.1, 0.15) is 33.1 Å². The number of halogens is 2. The van der Waals surface area contributed by atoms with E-state index in [1.807, 2.05) is 6.07 Å². The summed E-state index contributed by atoms with van der Waals surface area (Å²) in [6.07, 6.45) is 3.53. The molecule has 1 aromatic rings. The Hall–Kier alpha value is -0.440. The minimum Gasteiger partial charge on any atom is -0.492 e. The Morgan fingerprint density at radius 2 is 1.79 bits per heavy atom. The standard InChI is InChI=1S/C15H23Cl2NO/c1-3-18(4-2)10-6-5-7-11-19-15-9-8-13(16)12-14(15)17/h8-9,12H,3-7,10-11H2,1-2H3/p+1. The smallest absolute Gasteiger partial charge is 0.137 e. The van der Waals surface area contributed by atoms with Gasteiger partial charge in [-0.2, -0.15) is 0 Å². The molecule has 19 heavy (non-hydrogen) atoms. The van der Waals surface area contributed by atoms with Gasteiger partial charge in [0.25, 0.3) is 0 Å². The summed E-state index contributed by atoms with van der Waals surface area (Å²) in [6.45, 7) is 8.89. The lowest BCUT2D eigenvalue weighted by Gasteiger charge is -2.15. The second-order valence-electron chi connectivity index (χ2n) is 4.69. The van der Waals surface area contributed by atoms with E-state index in [1.165, 1.54) is 32.5 Å². The highest BCUT2D eigenvalue weighted by Crippen LogP contribution is 2.27. The molecule has 0 saturated heterocycles. The highest BCUT2D eigenvalue weighted by molar-refractivity contribution is 6.35. The first-order chi connectivity index (χ1) is 9.17. The maximum absolute atomic E-state index is 6.04. The quantitative estimate of drug-likeness (QED) is 0.690. The van der Waals surface area contributed by atoms with Gasteiger partial charge in [-0.15, -0.1) is 0 Å². The van der Waals surface area contributed by atoms with Gasteiger partial charge in [-0.25, -0.2) is 0 Å². The molecule has 0 fully saturated rings. The van der Waals surface area contributed by atoms with Crippen molar-refractivity contribution in [2.75, 3.05) is 26.2 Å². The summed E-state index contributed by atoms with van der Waals surface area (Å²) in [5.41, 5.74) is 0. The summed E-state index contributed by atoms with van der Waals surface area (Å²) in [4.78, 5) is 1.67. The zero-order chi connectivity index (χ0) is 14.1. The van der Waals surface area contributed by atoms with Crippen molar-refractivity contribution in [1.82, 2.24) is 0 Å². The van der Waals surface area contributed by atoms with Gasteiger partial charge in [0.15, 0.2) is 0 Å². The van der Waals surface area contributed by atoms with Crippen LogP contribution >= 0.6 is 23.2 Å². The van der Waals surface area contributed by atoms with Gasteiger partial charge in [0.1, 0.15) is 5.75 Å². The van der Waals surface area contributed by atoms with Crippen LogP contribution < -0.4 is 9.64 Å². The van der Waals surface area contributed by atoms with E-state index in [0.717, 1.165) is 18.8 Å². The molecular weight excluding hydrogens is 281 g/mol. The number of nitrogens with one attached hydrogen (secondary N) is 1. The summed E-state index contributed by atoms with van der Waals surface area (Å²) in [7, 11) is 0. The molecule has 0 spiro atoms. The molecule has 0 aliphatic carbocycles. The fourth-order valence-corrected chi connectivity index (χ4v) is 2.49. The molecule has 0 aliphatic rings. The van der Waals surface area contributed by atoms with E-state index in [0.29, 0.717) is 10.0 Å². The third-order valence-electron chi connectivity index (χ3n) is 3.33. The Morgan fingerprint density at radius 1 is 1.05 bits per heavy atom. The second kappa shape index (κ2) is 9.46. The van der Waals surface area contributed by atoms with Crippen molar-refractivity contribution in [3.05, 3.63) is 28.2 Å². The third-order valence-corrected chi connectivity index (χ3v) is 3.86. The van der Waals surface area contributed by atoms with Crippen LogP contribution in [0.15, 0.2) is 18.2 Å². The van der Waals surface area contributed by atoms with Crippen LogP contribution in [0.3, 0.4) is 0 Å². The minimum absolute atomic E-state index is 0.583. The summed E-state index contributed by atoms with van der Waals surface area (Å²) in [6, 6.07) is 5.33. The molecule has 0 radical (unpaired) electrons. The lowest BCUT2D eigenvalue weighted by molar-refractivity contribution is -0.896. The van der Waals surface area contributed by atoms with Crippen LogP contribution in [0.4, 0.5) is 0 Å². The zero-order valence-electron chi connectivity index (χ0n) is 11.8. The lowest BCUT2D eigenvalue weighted by Crippen LogP contribution is -3.11. The molecule has 0 heterocycles. The van der Waals surface area contributed by atoms with Crippen molar-refractivity contribution in [1.29, 1.82) is 0 Å². The SMILES string of the molecule is CC[NH+](CC)CCCCCOc1ccc(Cl)cc1Cl. The summed E-state index contributed by atoms with van der Waals surface area (Å²) >= 11 is 11.9. The number of hydrogen-bond acceptors (Lipinski definition) is 1. The third kappa shape index (κ3) is 6.51. The number of hydrogen-bond donors (Lipinski definition) is 1. The number of unbranched alkanes of at least 4 members (excludes halogenated alkanes) is 2. The van der Waals surface area contributed by atoms with Crippen molar-refractivity contribution < 1.29 is 9.64 Å². The highest BCUT2D eigenvalue weighted by Gasteiger charge is 2.03. The largest absolute Gasteiger partial charge is 0.492 e. The van der Waals surface area contributed by atoms with Gasteiger partial charge in [-0.3, -0.25) is 0 Å². The van der Waals surface area contributed by atoms with Crippen molar-refractivity contribution in [2.45, 2.75) is 33.1 Å². The molecule has 2 nitrogen and oxygen atoms in total. The molecule has 0 atom stereocenters. The topological polar surface area (TPSA) is 13.7 Å². The van der Waals surface area contributed by atoms with Gasteiger partial charge in [-0.05, 0) is 51.3 Å². The van der Waals surface area contributed by atoms with Crippen molar-refractivity contribution in [2.24, 2.45) is 0 Å². The molecule has 0 aliphatic heterocycles. The molecule has 0 amide bonds. The molecule has 0 bridgehead atoms. The summed E-state index contributed by atoms with van der Waals surface area (Å²) in [5, 5.41) is 1.22. The van der Waals surface area contributed by atoms with Crippen LogP contribution in [-0.2, 0) is 0 Å². The minimum atomic E-state index is 0.583.